The fourth-order valence-corrected chi connectivity index (χ4v) is 4.55. The van der Waals surface area contributed by atoms with E-state index in [2.05, 4.69) is 38.2 Å². The number of ketones is 1. The van der Waals surface area contributed by atoms with E-state index in [-0.39, 0.29) is 17.2 Å². The molecular formula is C25H26N4O2. The maximum absolute atomic E-state index is 13.3. The number of ether oxygens (including phenoxy) is 1. The van der Waals surface area contributed by atoms with Gasteiger partial charge in [0.05, 0.1) is 7.11 Å². The number of fused-ring (bicyclic) bond motifs is 1. The number of carbonyl (C=O) groups is 1. The molecule has 1 unspecified atom stereocenters. The molecule has 1 aliphatic heterocycles. The lowest BCUT2D eigenvalue weighted by Gasteiger charge is -2.38. The Morgan fingerprint density at radius 3 is 2.65 bits per heavy atom. The van der Waals surface area contributed by atoms with E-state index in [1.54, 1.807) is 7.11 Å². The molecule has 0 fully saturated rings. The zero-order valence-electron chi connectivity index (χ0n) is 18.3. The number of hydrogen-bond donors (Lipinski definition) is 1. The average molecular weight is 415 g/mol. The van der Waals surface area contributed by atoms with Gasteiger partial charge in [-0.05, 0) is 36.5 Å². The summed E-state index contributed by atoms with van der Waals surface area (Å²) in [4.78, 5) is 18.1. The van der Waals surface area contributed by atoms with Gasteiger partial charge >= 0.3 is 0 Å². The molecule has 1 atom stereocenters. The number of nitrogens with zero attached hydrogens (tertiary/aromatic N) is 3. The Kier molecular flexibility index (Phi) is 4.46. The number of aromatic nitrogens is 3. The molecule has 6 nitrogen and oxygen atoms in total. The van der Waals surface area contributed by atoms with E-state index < -0.39 is 0 Å². The third-order valence-corrected chi connectivity index (χ3v) is 6.05. The molecule has 2 heterocycles. The summed E-state index contributed by atoms with van der Waals surface area (Å²) in [7, 11) is 1.65. The molecule has 0 spiro atoms. The average Bonchev–Trinajstić information content (AvgIpc) is 3.15. The van der Waals surface area contributed by atoms with Gasteiger partial charge in [-0.15, -0.1) is 5.10 Å². The predicted octanol–water partition coefficient (Wildman–Crippen LogP) is 4.92. The zero-order chi connectivity index (χ0) is 21.8. The second kappa shape index (κ2) is 7.08. The van der Waals surface area contributed by atoms with Crippen LogP contribution in [-0.2, 0) is 4.79 Å². The second-order valence-electron chi connectivity index (χ2n) is 9.21. The third kappa shape index (κ3) is 3.42. The van der Waals surface area contributed by atoms with E-state index in [1.165, 1.54) is 5.56 Å². The van der Waals surface area contributed by atoms with Crippen molar-refractivity contribution in [1.29, 1.82) is 0 Å². The quantitative estimate of drug-likeness (QED) is 0.659. The first-order chi connectivity index (χ1) is 14.8. The Balaban J connectivity index is 1.68. The van der Waals surface area contributed by atoms with E-state index in [1.807, 2.05) is 41.1 Å². The van der Waals surface area contributed by atoms with Gasteiger partial charge in [0, 0.05) is 23.3 Å². The van der Waals surface area contributed by atoms with Crippen molar-refractivity contribution in [3.05, 3.63) is 70.9 Å². The molecule has 2 aromatic carbocycles. The molecule has 5 rings (SSSR count). The van der Waals surface area contributed by atoms with Crippen molar-refractivity contribution in [1.82, 2.24) is 14.8 Å². The highest BCUT2D eigenvalue weighted by Gasteiger charge is 2.42. The second-order valence-corrected chi connectivity index (χ2v) is 9.21. The molecule has 158 valence electrons. The summed E-state index contributed by atoms with van der Waals surface area (Å²) in [5.74, 6) is 2.21. The van der Waals surface area contributed by atoms with Crippen molar-refractivity contribution >= 4 is 11.7 Å². The number of methoxy groups -OCH3 is 1. The van der Waals surface area contributed by atoms with Crippen molar-refractivity contribution in [2.75, 3.05) is 12.4 Å². The van der Waals surface area contributed by atoms with E-state index in [4.69, 9.17) is 14.8 Å². The monoisotopic (exact) mass is 414 g/mol. The van der Waals surface area contributed by atoms with Gasteiger partial charge in [-0.1, -0.05) is 55.8 Å². The first-order valence-electron chi connectivity index (χ1n) is 10.6. The minimum atomic E-state index is -0.336. The molecule has 31 heavy (non-hydrogen) atoms. The van der Waals surface area contributed by atoms with E-state index >= 15 is 0 Å². The van der Waals surface area contributed by atoms with Crippen molar-refractivity contribution in [2.45, 2.75) is 39.7 Å². The highest BCUT2D eigenvalue weighted by molar-refractivity contribution is 6.00. The molecule has 3 aromatic rings. The lowest BCUT2D eigenvalue weighted by atomic mass is 9.73. The standard InChI is InChI=1S/C25H26N4O2/c1-15-8-10-16(11-9-15)23-27-24-26-19-13-25(2,3)14-20(30)21(19)22(29(24)28-23)17-6-5-7-18(12-17)31-4/h5-12,22H,13-14H2,1-4H3,(H,26,27,28). The van der Waals surface area contributed by atoms with Crippen molar-refractivity contribution in [3.63, 3.8) is 0 Å². The number of allylic oxidation sites excluding steroid dienone is 2. The minimum Gasteiger partial charge on any atom is -0.497 e. The predicted molar refractivity (Wildman–Crippen MR) is 120 cm³/mol. The van der Waals surface area contributed by atoms with Crippen molar-refractivity contribution in [2.24, 2.45) is 5.41 Å². The van der Waals surface area contributed by atoms with E-state index in [0.717, 1.165) is 34.6 Å². The number of nitrogens with one attached hydrogen (secondary N) is 1. The van der Waals surface area contributed by atoms with Crippen LogP contribution in [0.5, 0.6) is 5.75 Å². The number of Topliss-reactive ketones (excluding diaryl/α,β-unsaturated/α-hetero) is 1. The van der Waals surface area contributed by atoms with Crippen LogP contribution in [0.15, 0.2) is 59.8 Å². The van der Waals surface area contributed by atoms with Crippen LogP contribution in [0, 0.1) is 12.3 Å². The summed E-state index contributed by atoms with van der Waals surface area (Å²) >= 11 is 0. The number of aryl methyl sites for hydroxylation is 1. The molecule has 0 amide bonds. The molecule has 1 aromatic heterocycles. The topological polar surface area (TPSA) is 69.0 Å². The molecule has 0 bridgehead atoms. The van der Waals surface area contributed by atoms with Crippen LogP contribution in [0.3, 0.4) is 0 Å². The van der Waals surface area contributed by atoms with Crippen LogP contribution in [0.1, 0.15) is 43.9 Å². The van der Waals surface area contributed by atoms with Gasteiger partial charge in [0.1, 0.15) is 11.8 Å². The number of anilines is 1. The zero-order valence-corrected chi connectivity index (χ0v) is 18.3. The van der Waals surface area contributed by atoms with Crippen LogP contribution >= 0.6 is 0 Å². The number of hydrogen-bond acceptors (Lipinski definition) is 5. The van der Waals surface area contributed by atoms with Gasteiger partial charge in [-0.3, -0.25) is 4.79 Å². The van der Waals surface area contributed by atoms with Gasteiger partial charge < -0.3 is 10.1 Å². The lowest BCUT2D eigenvalue weighted by Crippen LogP contribution is -2.36. The van der Waals surface area contributed by atoms with E-state index in [9.17, 15) is 4.79 Å². The highest BCUT2D eigenvalue weighted by atomic mass is 16.5. The van der Waals surface area contributed by atoms with E-state index in [0.29, 0.717) is 18.2 Å². The van der Waals surface area contributed by atoms with Crippen molar-refractivity contribution in [3.8, 4) is 17.1 Å². The molecule has 0 radical (unpaired) electrons. The summed E-state index contributed by atoms with van der Waals surface area (Å²) < 4.78 is 7.30. The Labute approximate surface area is 182 Å². The fourth-order valence-electron chi connectivity index (χ4n) is 4.55. The Morgan fingerprint density at radius 1 is 1.13 bits per heavy atom. The summed E-state index contributed by atoms with van der Waals surface area (Å²) in [6.45, 7) is 6.32. The molecule has 1 aliphatic carbocycles. The smallest absolute Gasteiger partial charge is 0.226 e. The largest absolute Gasteiger partial charge is 0.497 e. The Hall–Kier alpha value is -3.41. The van der Waals surface area contributed by atoms with Gasteiger partial charge in [-0.2, -0.15) is 4.98 Å². The molecular weight excluding hydrogens is 388 g/mol. The van der Waals surface area contributed by atoms with Crippen LogP contribution in [-0.4, -0.2) is 27.7 Å². The fraction of sp³-hybridized carbons (Fsp3) is 0.320. The van der Waals surface area contributed by atoms with Crippen LogP contribution in [0.4, 0.5) is 5.95 Å². The summed E-state index contributed by atoms with van der Waals surface area (Å²) in [6.07, 6.45) is 1.31. The molecule has 6 heteroatoms. The molecule has 1 N–H and O–H groups in total. The van der Waals surface area contributed by atoms with Gasteiger partial charge in [0.2, 0.25) is 5.95 Å². The van der Waals surface area contributed by atoms with Gasteiger partial charge in [0.25, 0.3) is 0 Å². The van der Waals surface area contributed by atoms with Crippen LogP contribution in [0.2, 0.25) is 0 Å². The molecule has 0 saturated heterocycles. The summed E-state index contributed by atoms with van der Waals surface area (Å²) in [6, 6.07) is 15.7. The number of rotatable bonds is 3. The van der Waals surface area contributed by atoms with Crippen LogP contribution < -0.4 is 10.1 Å². The van der Waals surface area contributed by atoms with Gasteiger partial charge in [-0.25, -0.2) is 4.68 Å². The maximum atomic E-state index is 13.3. The molecule has 0 saturated carbocycles. The van der Waals surface area contributed by atoms with Gasteiger partial charge in [0.15, 0.2) is 11.6 Å². The maximum Gasteiger partial charge on any atom is 0.226 e. The normalized spacial score (nSPS) is 19.5. The lowest BCUT2D eigenvalue weighted by molar-refractivity contribution is -0.118. The first kappa shape index (κ1) is 19.5. The summed E-state index contributed by atoms with van der Waals surface area (Å²) in [5, 5.41) is 8.27. The summed E-state index contributed by atoms with van der Waals surface area (Å²) in [5.41, 5.74) is 4.73. The number of benzene rings is 2. The first-order valence-corrected chi connectivity index (χ1v) is 10.6. The SMILES string of the molecule is COc1cccc(C2C3=C(CC(C)(C)CC3=O)Nc3nc(-c4ccc(C)cc4)nn32)c1. The highest BCUT2D eigenvalue weighted by Crippen LogP contribution is 2.46. The van der Waals surface area contributed by atoms with Crippen LogP contribution in [0.25, 0.3) is 11.4 Å². The third-order valence-electron chi connectivity index (χ3n) is 6.05. The minimum absolute atomic E-state index is 0.0934. The number of carbonyl (C=O) groups excluding carboxylic acids is 1. The Morgan fingerprint density at radius 2 is 1.90 bits per heavy atom. The molecule has 2 aliphatic rings. The van der Waals surface area contributed by atoms with Crippen molar-refractivity contribution < 1.29 is 9.53 Å². The Bertz CT molecular complexity index is 1200.